The van der Waals surface area contributed by atoms with E-state index in [2.05, 4.69) is 0 Å². The fraction of sp³-hybridized carbons (Fsp3) is 0.360. The lowest BCUT2D eigenvalue weighted by atomic mass is 9.94. The molecule has 1 fully saturated rings. The number of likely N-dealkylation sites (tertiary alicyclic amines) is 1. The molecular weight excluding hydrogens is 413 g/mol. The monoisotopic (exact) mass is 441 g/mol. The zero-order valence-corrected chi connectivity index (χ0v) is 18.7. The number of hydrogen-bond acceptors (Lipinski definition) is 5. The minimum Gasteiger partial charge on any atom is -0.507 e. The number of ketones is 1. The van der Waals surface area contributed by atoms with Gasteiger partial charge in [-0.25, -0.2) is 4.39 Å². The van der Waals surface area contributed by atoms with Crippen molar-refractivity contribution in [3.05, 3.63) is 70.5 Å². The zero-order chi connectivity index (χ0) is 23.4. The van der Waals surface area contributed by atoms with Crippen LogP contribution in [0.2, 0.25) is 0 Å². The lowest BCUT2D eigenvalue weighted by Gasteiger charge is -2.25. The van der Waals surface area contributed by atoms with Crippen molar-refractivity contribution in [2.24, 2.45) is 5.92 Å². The van der Waals surface area contributed by atoms with Gasteiger partial charge in [-0.2, -0.15) is 0 Å². The standard InChI is InChI=1S/C25H28FNO5/c1-15(2)14-32-19-9-10-20(16(3)13-19)23(28)21-22(17-5-7-18(26)8-6-17)27(11-12-31-4)25(30)24(21)29/h5-10,13,15,22,28H,11-12,14H2,1-4H3/b23-21+/t22-/m1/s1. The first-order valence-corrected chi connectivity index (χ1v) is 10.5. The Morgan fingerprint density at radius 3 is 2.44 bits per heavy atom. The second kappa shape index (κ2) is 9.96. The van der Waals surface area contributed by atoms with Gasteiger partial charge in [0.1, 0.15) is 17.3 Å². The Hall–Kier alpha value is -3.19. The average Bonchev–Trinajstić information content (AvgIpc) is 3.01. The molecule has 1 amide bonds. The summed E-state index contributed by atoms with van der Waals surface area (Å²) in [4.78, 5) is 27.1. The number of ether oxygens (including phenoxy) is 2. The van der Waals surface area contributed by atoms with Gasteiger partial charge in [-0.15, -0.1) is 0 Å². The van der Waals surface area contributed by atoms with Crippen LogP contribution in [-0.4, -0.2) is 48.6 Å². The molecule has 7 heteroatoms. The molecular formula is C25H28FNO5. The summed E-state index contributed by atoms with van der Waals surface area (Å²) >= 11 is 0. The number of carbonyl (C=O) groups excluding carboxylic acids is 2. The minimum absolute atomic E-state index is 0.0309. The first-order valence-electron chi connectivity index (χ1n) is 10.5. The van der Waals surface area contributed by atoms with Crippen molar-refractivity contribution in [2.45, 2.75) is 26.8 Å². The molecule has 0 aromatic heterocycles. The summed E-state index contributed by atoms with van der Waals surface area (Å²) in [5.41, 5.74) is 1.62. The third-order valence-corrected chi connectivity index (χ3v) is 5.30. The van der Waals surface area contributed by atoms with E-state index in [1.165, 1.54) is 36.3 Å². The van der Waals surface area contributed by atoms with Crippen molar-refractivity contribution in [1.29, 1.82) is 0 Å². The molecule has 0 unspecified atom stereocenters. The second-order valence-electron chi connectivity index (χ2n) is 8.22. The van der Waals surface area contributed by atoms with Gasteiger partial charge in [0.15, 0.2) is 0 Å². The molecule has 0 spiro atoms. The molecule has 0 saturated carbocycles. The van der Waals surface area contributed by atoms with Crippen LogP contribution in [0.4, 0.5) is 4.39 Å². The van der Waals surface area contributed by atoms with Crippen LogP contribution in [0.1, 0.15) is 36.6 Å². The molecule has 2 aromatic rings. The number of aliphatic hydroxyl groups is 1. The Morgan fingerprint density at radius 2 is 1.84 bits per heavy atom. The van der Waals surface area contributed by atoms with Crippen molar-refractivity contribution in [1.82, 2.24) is 4.90 Å². The molecule has 1 N–H and O–H groups in total. The molecule has 0 radical (unpaired) electrons. The summed E-state index contributed by atoms with van der Waals surface area (Å²) < 4.78 is 24.3. The van der Waals surface area contributed by atoms with Gasteiger partial charge in [-0.1, -0.05) is 26.0 Å². The highest BCUT2D eigenvalue weighted by atomic mass is 19.1. The van der Waals surface area contributed by atoms with Crippen LogP contribution in [0, 0.1) is 18.7 Å². The van der Waals surface area contributed by atoms with Gasteiger partial charge in [0.2, 0.25) is 0 Å². The van der Waals surface area contributed by atoms with Crippen LogP contribution in [0.5, 0.6) is 5.75 Å². The van der Waals surface area contributed by atoms with Gasteiger partial charge in [-0.3, -0.25) is 9.59 Å². The number of benzene rings is 2. The number of aryl methyl sites for hydroxylation is 1. The molecule has 3 rings (SSSR count). The summed E-state index contributed by atoms with van der Waals surface area (Å²) in [6.45, 7) is 6.81. The summed E-state index contributed by atoms with van der Waals surface area (Å²) in [6.07, 6.45) is 0. The predicted molar refractivity (Wildman–Crippen MR) is 119 cm³/mol. The van der Waals surface area contributed by atoms with E-state index in [9.17, 15) is 19.1 Å². The number of rotatable bonds is 8. The van der Waals surface area contributed by atoms with E-state index in [0.29, 0.717) is 35.0 Å². The van der Waals surface area contributed by atoms with E-state index in [0.717, 1.165) is 0 Å². The lowest BCUT2D eigenvalue weighted by Crippen LogP contribution is -2.32. The van der Waals surface area contributed by atoms with E-state index in [-0.39, 0.29) is 24.5 Å². The average molecular weight is 441 g/mol. The van der Waals surface area contributed by atoms with Crippen LogP contribution in [0.15, 0.2) is 48.0 Å². The number of methoxy groups -OCH3 is 1. The van der Waals surface area contributed by atoms with Crippen molar-refractivity contribution >= 4 is 17.4 Å². The molecule has 2 aromatic carbocycles. The largest absolute Gasteiger partial charge is 0.507 e. The van der Waals surface area contributed by atoms with Gasteiger partial charge in [0.25, 0.3) is 11.7 Å². The van der Waals surface area contributed by atoms with Crippen LogP contribution in [-0.2, 0) is 14.3 Å². The second-order valence-corrected chi connectivity index (χ2v) is 8.22. The van der Waals surface area contributed by atoms with E-state index in [1.807, 2.05) is 13.8 Å². The lowest BCUT2D eigenvalue weighted by molar-refractivity contribution is -0.140. The number of amides is 1. The summed E-state index contributed by atoms with van der Waals surface area (Å²) in [5.74, 6) is -1.20. The highest BCUT2D eigenvalue weighted by molar-refractivity contribution is 6.46. The van der Waals surface area contributed by atoms with Crippen molar-refractivity contribution in [2.75, 3.05) is 26.9 Å². The number of Topliss-reactive ketones (excluding diaryl/α,β-unsaturated/α-hetero) is 1. The summed E-state index contributed by atoms with van der Waals surface area (Å²) in [6, 6.07) is 9.87. The van der Waals surface area contributed by atoms with Gasteiger partial charge in [-0.05, 0) is 54.3 Å². The van der Waals surface area contributed by atoms with Crippen LogP contribution >= 0.6 is 0 Å². The fourth-order valence-electron chi connectivity index (χ4n) is 3.69. The number of halogens is 1. The molecule has 1 saturated heterocycles. The van der Waals surface area contributed by atoms with Gasteiger partial charge >= 0.3 is 0 Å². The third kappa shape index (κ3) is 4.83. The predicted octanol–water partition coefficient (Wildman–Crippen LogP) is 4.24. The fourth-order valence-corrected chi connectivity index (χ4v) is 3.69. The molecule has 1 atom stereocenters. The van der Waals surface area contributed by atoms with E-state index >= 15 is 0 Å². The zero-order valence-electron chi connectivity index (χ0n) is 18.7. The van der Waals surface area contributed by atoms with Gasteiger partial charge in [0, 0.05) is 19.2 Å². The smallest absolute Gasteiger partial charge is 0.295 e. The van der Waals surface area contributed by atoms with Gasteiger partial charge < -0.3 is 19.5 Å². The summed E-state index contributed by atoms with van der Waals surface area (Å²) in [5, 5.41) is 11.2. The Labute approximate surface area is 187 Å². The number of nitrogens with zero attached hydrogens (tertiary/aromatic N) is 1. The molecule has 0 bridgehead atoms. The Morgan fingerprint density at radius 1 is 1.16 bits per heavy atom. The summed E-state index contributed by atoms with van der Waals surface area (Å²) in [7, 11) is 1.50. The maximum absolute atomic E-state index is 13.5. The van der Waals surface area contributed by atoms with E-state index in [1.54, 1.807) is 25.1 Å². The first-order chi connectivity index (χ1) is 15.2. The third-order valence-electron chi connectivity index (χ3n) is 5.30. The Kier molecular flexibility index (Phi) is 7.30. The number of hydrogen-bond donors (Lipinski definition) is 1. The highest BCUT2D eigenvalue weighted by Gasteiger charge is 2.46. The van der Waals surface area contributed by atoms with E-state index in [4.69, 9.17) is 9.47 Å². The Bertz CT molecular complexity index is 1030. The van der Waals surface area contributed by atoms with Crippen molar-refractivity contribution in [3.8, 4) is 5.75 Å². The first kappa shape index (κ1) is 23.5. The maximum atomic E-state index is 13.5. The number of carbonyl (C=O) groups is 2. The van der Waals surface area contributed by atoms with Crippen LogP contribution in [0.25, 0.3) is 5.76 Å². The van der Waals surface area contributed by atoms with E-state index < -0.39 is 23.5 Å². The Balaban J connectivity index is 2.07. The quantitative estimate of drug-likeness (QED) is 0.377. The van der Waals surface area contributed by atoms with Gasteiger partial charge in [0.05, 0.1) is 24.8 Å². The van der Waals surface area contributed by atoms with Crippen molar-refractivity contribution < 1.29 is 28.6 Å². The highest BCUT2D eigenvalue weighted by Crippen LogP contribution is 2.40. The molecule has 0 aliphatic carbocycles. The topological polar surface area (TPSA) is 76.1 Å². The molecule has 6 nitrogen and oxygen atoms in total. The van der Waals surface area contributed by atoms with Crippen molar-refractivity contribution in [3.63, 3.8) is 0 Å². The molecule has 170 valence electrons. The normalized spacial score (nSPS) is 17.9. The van der Waals surface area contributed by atoms with Crippen LogP contribution < -0.4 is 4.74 Å². The molecule has 1 heterocycles. The minimum atomic E-state index is -0.845. The molecule has 32 heavy (non-hydrogen) atoms. The molecule has 1 aliphatic heterocycles. The van der Waals surface area contributed by atoms with Crippen LogP contribution in [0.3, 0.4) is 0 Å². The maximum Gasteiger partial charge on any atom is 0.295 e. The SMILES string of the molecule is COCCN1C(=O)C(=O)/C(=C(/O)c2ccc(OCC(C)C)cc2C)[C@H]1c1ccc(F)cc1. The molecule has 1 aliphatic rings. The number of aliphatic hydroxyl groups excluding tert-OH is 1.